The summed E-state index contributed by atoms with van der Waals surface area (Å²) in [6.07, 6.45) is 1.25. The van der Waals surface area contributed by atoms with Crippen LogP contribution in [-0.4, -0.2) is 77.7 Å². The summed E-state index contributed by atoms with van der Waals surface area (Å²) in [4.78, 5) is 30.2. The number of aromatic nitrogens is 3. The normalized spacial score (nSPS) is 10.2. The Labute approximate surface area is 105 Å². The number of aromatic amines is 1. The van der Waals surface area contributed by atoms with E-state index < -0.39 is 0 Å². The van der Waals surface area contributed by atoms with Gasteiger partial charge in [0.2, 0.25) is 11.7 Å². The van der Waals surface area contributed by atoms with Gasteiger partial charge in [-0.05, 0) is 0 Å². The fraction of sp³-hybridized carbons (Fsp3) is 0.600. The van der Waals surface area contributed by atoms with E-state index in [-0.39, 0.29) is 24.2 Å². The predicted molar refractivity (Wildman–Crippen MR) is 62.9 cm³/mol. The van der Waals surface area contributed by atoms with Gasteiger partial charge in [0, 0.05) is 27.7 Å². The van der Waals surface area contributed by atoms with Gasteiger partial charge in [-0.15, -0.1) is 0 Å². The molecule has 0 saturated carbocycles. The van der Waals surface area contributed by atoms with Gasteiger partial charge < -0.3 is 14.5 Å². The fourth-order valence-corrected chi connectivity index (χ4v) is 1.22. The lowest BCUT2D eigenvalue weighted by Gasteiger charge is -2.22. The number of hydrogen-bond acceptors (Lipinski definition) is 5. The number of H-pyrrole nitrogens is 1. The van der Waals surface area contributed by atoms with Crippen LogP contribution in [0.15, 0.2) is 6.33 Å². The molecule has 1 heterocycles. The third kappa shape index (κ3) is 3.81. The van der Waals surface area contributed by atoms with Crippen molar-refractivity contribution in [3.8, 4) is 0 Å². The number of carbonyl (C=O) groups excluding carboxylic acids is 2. The van der Waals surface area contributed by atoms with Gasteiger partial charge in [0.15, 0.2) is 0 Å². The molecular weight excluding hydrogens is 238 g/mol. The van der Waals surface area contributed by atoms with Crippen molar-refractivity contribution in [1.82, 2.24) is 25.0 Å². The lowest BCUT2D eigenvalue weighted by molar-refractivity contribution is -0.129. The second kappa shape index (κ2) is 6.70. The van der Waals surface area contributed by atoms with Crippen molar-refractivity contribution in [2.24, 2.45) is 0 Å². The highest BCUT2D eigenvalue weighted by Crippen LogP contribution is 1.99. The number of carbonyl (C=O) groups is 2. The van der Waals surface area contributed by atoms with E-state index in [0.717, 1.165) is 0 Å². The van der Waals surface area contributed by atoms with Crippen LogP contribution in [0.2, 0.25) is 0 Å². The van der Waals surface area contributed by atoms with Crippen LogP contribution in [0, 0.1) is 0 Å². The average molecular weight is 255 g/mol. The Hall–Kier alpha value is -1.96. The van der Waals surface area contributed by atoms with Gasteiger partial charge in [0.1, 0.15) is 12.9 Å². The van der Waals surface area contributed by atoms with Gasteiger partial charge in [-0.25, -0.2) is 4.98 Å². The number of nitrogens with one attached hydrogen (secondary N) is 1. The molecule has 0 radical (unpaired) electrons. The van der Waals surface area contributed by atoms with Gasteiger partial charge in [-0.2, -0.15) is 5.10 Å². The summed E-state index contributed by atoms with van der Waals surface area (Å²) in [5.41, 5.74) is 0. The molecule has 0 aromatic carbocycles. The van der Waals surface area contributed by atoms with Crippen LogP contribution in [0.25, 0.3) is 0 Å². The Kier molecular flexibility index (Phi) is 5.25. The number of ether oxygens (including phenoxy) is 1. The van der Waals surface area contributed by atoms with Crippen LogP contribution < -0.4 is 0 Å². The first-order valence-corrected chi connectivity index (χ1v) is 5.40. The molecule has 18 heavy (non-hydrogen) atoms. The minimum Gasteiger partial charge on any atom is -0.383 e. The van der Waals surface area contributed by atoms with Gasteiger partial charge in [-0.3, -0.25) is 14.7 Å². The van der Waals surface area contributed by atoms with Crippen LogP contribution >= 0.6 is 0 Å². The van der Waals surface area contributed by atoms with E-state index in [1.165, 1.54) is 23.2 Å². The Morgan fingerprint density at radius 3 is 2.67 bits per heavy atom. The zero-order valence-corrected chi connectivity index (χ0v) is 10.7. The van der Waals surface area contributed by atoms with Crippen LogP contribution in [-0.2, 0) is 9.53 Å². The predicted octanol–water partition coefficient (Wildman–Crippen LogP) is -1.02. The van der Waals surface area contributed by atoms with Crippen LogP contribution in [0.4, 0.5) is 0 Å². The van der Waals surface area contributed by atoms with Crippen molar-refractivity contribution in [2.75, 3.05) is 40.9 Å². The molecule has 0 atom stereocenters. The van der Waals surface area contributed by atoms with Crippen LogP contribution in [0.1, 0.15) is 10.6 Å². The smallest absolute Gasteiger partial charge is 0.291 e. The monoisotopic (exact) mass is 255 g/mol. The maximum atomic E-state index is 12.0. The molecule has 1 aromatic heterocycles. The largest absolute Gasteiger partial charge is 0.383 e. The first kappa shape index (κ1) is 14.1. The fourth-order valence-electron chi connectivity index (χ4n) is 1.22. The molecular formula is C10H17N5O3. The summed E-state index contributed by atoms with van der Waals surface area (Å²) in [6, 6.07) is 0. The maximum absolute atomic E-state index is 12.0. The summed E-state index contributed by atoms with van der Waals surface area (Å²) in [5.74, 6) is -0.434. The van der Waals surface area contributed by atoms with Crippen LogP contribution in [0.5, 0.6) is 0 Å². The maximum Gasteiger partial charge on any atom is 0.291 e. The first-order valence-electron chi connectivity index (χ1n) is 5.40. The number of nitrogens with zero attached hydrogens (tertiary/aromatic N) is 4. The van der Waals surface area contributed by atoms with E-state index in [4.69, 9.17) is 4.74 Å². The molecule has 1 N–H and O–H groups in total. The Morgan fingerprint density at radius 1 is 1.44 bits per heavy atom. The summed E-state index contributed by atoms with van der Waals surface area (Å²) in [7, 11) is 4.80. The molecule has 0 spiro atoms. The van der Waals surface area contributed by atoms with Gasteiger partial charge in [-0.1, -0.05) is 0 Å². The lowest BCUT2D eigenvalue weighted by Crippen LogP contribution is -2.42. The zero-order valence-electron chi connectivity index (χ0n) is 10.7. The molecule has 100 valence electrons. The van der Waals surface area contributed by atoms with E-state index in [9.17, 15) is 9.59 Å². The van der Waals surface area contributed by atoms with Crippen molar-refractivity contribution in [3.05, 3.63) is 12.2 Å². The highest BCUT2D eigenvalue weighted by atomic mass is 16.5. The van der Waals surface area contributed by atoms with E-state index >= 15 is 0 Å². The van der Waals surface area contributed by atoms with E-state index in [0.29, 0.717) is 13.2 Å². The number of amides is 2. The molecule has 0 aliphatic rings. The van der Waals surface area contributed by atoms with Crippen molar-refractivity contribution in [3.63, 3.8) is 0 Å². The van der Waals surface area contributed by atoms with Crippen LogP contribution in [0.3, 0.4) is 0 Å². The van der Waals surface area contributed by atoms with Gasteiger partial charge in [0.05, 0.1) is 6.61 Å². The second-order valence-electron chi connectivity index (χ2n) is 3.84. The number of hydrogen-bond donors (Lipinski definition) is 1. The Morgan fingerprint density at radius 2 is 2.17 bits per heavy atom. The Balaban J connectivity index is 2.71. The molecule has 2 amide bonds. The van der Waals surface area contributed by atoms with E-state index in [1.54, 1.807) is 14.1 Å². The number of rotatable bonds is 6. The number of likely N-dealkylation sites (N-methyl/N-ethyl adjacent to an activating group) is 1. The number of methoxy groups -OCH3 is 1. The minimum atomic E-state index is -0.375. The van der Waals surface area contributed by atoms with E-state index in [2.05, 4.69) is 15.2 Å². The summed E-state index contributed by atoms with van der Waals surface area (Å²) in [5, 5.41) is 6.09. The second-order valence-corrected chi connectivity index (χ2v) is 3.84. The summed E-state index contributed by atoms with van der Waals surface area (Å²) >= 11 is 0. The van der Waals surface area contributed by atoms with Crippen molar-refractivity contribution >= 4 is 11.8 Å². The molecule has 0 aliphatic carbocycles. The van der Waals surface area contributed by atoms with Crippen molar-refractivity contribution in [2.45, 2.75) is 0 Å². The highest BCUT2D eigenvalue weighted by molar-refractivity contribution is 5.93. The summed E-state index contributed by atoms with van der Waals surface area (Å²) in [6.45, 7) is 0.645. The third-order valence-corrected chi connectivity index (χ3v) is 2.30. The average Bonchev–Trinajstić information content (AvgIpc) is 2.86. The van der Waals surface area contributed by atoms with Crippen molar-refractivity contribution < 1.29 is 14.3 Å². The molecule has 0 bridgehead atoms. The SMILES string of the molecule is COCCN(CC(=O)N(C)C)C(=O)c1ncn[nH]1. The zero-order chi connectivity index (χ0) is 13.5. The molecule has 8 heteroatoms. The third-order valence-electron chi connectivity index (χ3n) is 2.30. The van der Waals surface area contributed by atoms with E-state index in [1.807, 2.05) is 0 Å². The quantitative estimate of drug-likeness (QED) is 0.702. The molecule has 0 unspecified atom stereocenters. The Bertz CT molecular complexity index is 390. The lowest BCUT2D eigenvalue weighted by atomic mass is 10.4. The standard InChI is InChI=1S/C10H17N5O3/c1-14(2)8(16)6-15(4-5-18-3)10(17)9-11-7-12-13-9/h7H,4-6H2,1-3H3,(H,11,12,13). The van der Waals surface area contributed by atoms with Crippen molar-refractivity contribution in [1.29, 1.82) is 0 Å². The first-order chi connectivity index (χ1) is 8.56. The molecule has 0 fully saturated rings. The molecule has 0 aliphatic heterocycles. The molecule has 8 nitrogen and oxygen atoms in total. The molecule has 0 saturated heterocycles. The van der Waals surface area contributed by atoms with Gasteiger partial charge >= 0.3 is 0 Å². The highest BCUT2D eigenvalue weighted by Gasteiger charge is 2.21. The summed E-state index contributed by atoms with van der Waals surface area (Å²) < 4.78 is 4.92. The van der Waals surface area contributed by atoms with Gasteiger partial charge in [0.25, 0.3) is 5.91 Å². The molecule has 1 aromatic rings. The molecule has 1 rings (SSSR count). The minimum absolute atomic E-state index is 0.0180. The topological polar surface area (TPSA) is 91.4 Å².